The minimum atomic E-state index is -0.193. The van der Waals surface area contributed by atoms with E-state index in [1.165, 1.54) is 0 Å². The zero-order chi connectivity index (χ0) is 11.6. The third kappa shape index (κ3) is 2.38. The first-order valence-electron chi connectivity index (χ1n) is 6.17. The zero-order valence-corrected chi connectivity index (χ0v) is 10.2. The van der Waals surface area contributed by atoms with Gasteiger partial charge in [0.2, 0.25) is 0 Å². The molecule has 0 aromatic rings. The molecule has 2 fully saturated rings. The summed E-state index contributed by atoms with van der Waals surface area (Å²) in [6.07, 6.45) is 1.96. The quantitative estimate of drug-likeness (QED) is 0.673. The van der Waals surface area contributed by atoms with Gasteiger partial charge in [-0.2, -0.15) is 0 Å². The maximum absolute atomic E-state index is 11.8. The first kappa shape index (κ1) is 11.9. The number of esters is 1. The van der Waals surface area contributed by atoms with Crippen LogP contribution in [0.15, 0.2) is 0 Å². The van der Waals surface area contributed by atoms with Crippen LogP contribution in [-0.4, -0.2) is 49.8 Å². The minimum Gasteiger partial charge on any atom is -0.466 e. The lowest BCUT2D eigenvalue weighted by atomic mass is 10.1. The highest BCUT2D eigenvalue weighted by Gasteiger charge is 2.52. The summed E-state index contributed by atoms with van der Waals surface area (Å²) >= 11 is 0. The molecule has 1 heterocycles. The number of hydrogen-bond acceptors (Lipinski definition) is 4. The van der Waals surface area contributed by atoms with Gasteiger partial charge in [0.05, 0.1) is 25.2 Å². The van der Waals surface area contributed by atoms with Crippen molar-refractivity contribution in [3.63, 3.8) is 0 Å². The topological polar surface area (TPSA) is 38.8 Å². The second kappa shape index (κ2) is 4.72. The molecule has 4 heteroatoms. The van der Waals surface area contributed by atoms with Crippen molar-refractivity contribution >= 4 is 5.97 Å². The highest BCUT2D eigenvalue weighted by atomic mass is 16.5. The van der Waals surface area contributed by atoms with E-state index in [1.807, 2.05) is 6.92 Å². The number of nitrogens with zero attached hydrogens (tertiary/aromatic N) is 1. The normalized spacial score (nSPS) is 28.8. The highest BCUT2D eigenvalue weighted by Crippen LogP contribution is 2.47. The summed E-state index contributed by atoms with van der Waals surface area (Å²) in [6, 6.07) is 0.417. The van der Waals surface area contributed by atoms with E-state index in [9.17, 15) is 4.79 Å². The van der Waals surface area contributed by atoms with Gasteiger partial charge in [-0.3, -0.25) is 9.69 Å². The molecule has 0 bridgehead atoms. The first-order valence-corrected chi connectivity index (χ1v) is 6.17. The fraction of sp³-hybridized carbons (Fsp3) is 0.917. The van der Waals surface area contributed by atoms with Crippen LogP contribution < -0.4 is 0 Å². The van der Waals surface area contributed by atoms with Crippen LogP contribution in [0.2, 0.25) is 0 Å². The van der Waals surface area contributed by atoms with Crippen molar-refractivity contribution in [1.82, 2.24) is 4.90 Å². The van der Waals surface area contributed by atoms with Gasteiger partial charge in [0.1, 0.15) is 0 Å². The predicted molar refractivity (Wildman–Crippen MR) is 60.2 cm³/mol. The molecule has 2 rings (SSSR count). The highest BCUT2D eigenvalue weighted by molar-refractivity contribution is 5.80. The lowest BCUT2D eigenvalue weighted by Gasteiger charge is -2.35. The summed E-state index contributed by atoms with van der Waals surface area (Å²) < 4.78 is 10.5. The SMILES string of the molecule is CCOC(=O)C1(CN2CCOC[C@H]2C)CC1. The van der Waals surface area contributed by atoms with Crippen LogP contribution in [0.25, 0.3) is 0 Å². The smallest absolute Gasteiger partial charge is 0.313 e. The van der Waals surface area contributed by atoms with Crippen molar-refractivity contribution in [2.24, 2.45) is 5.41 Å². The largest absolute Gasteiger partial charge is 0.466 e. The summed E-state index contributed by atoms with van der Waals surface area (Å²) in [5.41, 5.74) is -0.193. The molecule has 0 N–H and O–H groups in total. The molecule has 16 heavy (non-hydrogen) atoms. The standard InChI is InChI=1S/C12H21NO3/c1-3-16-11(14)12(4-5-12)9-13-6-7-15-8-10(13)2/h10H,3-9H2,1-2H3/t10-/m1/s1. The van der Waals surface area contributed by atoms with Gasteiger partial charge in [-0.1, -0.05) is 0 Å². The van der Waals surface area contributed by atoms with Crippen LogP contribution in [0.3, 0.4) is 0 Å². The van der Waals surface area contributed by atoms with Gasteiger partial charge >= 0.3 is 5.97 Å². The molecule has 0 aromatic heterocycles. The average Bonchev–Trinajstić information content (AvgIpc) is 3.03. The van der Waals surface area contributed by atoms with Crippen LogP contribution >= 0.6 is 0 Å². The third-order valence-electron chi connectivity index (χ3n) is 3.57. The van der Waals surface area contributed by atoms with Crippen molar-refractivity contribution in [2.45, 2.75) is 32.7 Å². The van der Waals surface area contributed by atoms with Gasteiger partial charge in [-0.25, -0.2) is 0 Å². The number of rotatable bonds is 4. The average molecular weight is 227 g/mol. The molecule has 0 aromatic carbocycles. The lowest BCUT2D eigenvalue weighted by molar-refractivity contribution is -0.151. The maximum Gasteiger partial charge on any atom is 0.313 e. The molecule has 1 saturated carbocycles. The Morgan fingerprint density at radius 1 is 1.56 bits per heavy atom. The maximum atomic E-state index is 11.8. The Morgan fingerprint density at radius 2 is 2.31 bits per heavy atom. The lowest BCUT2D eigenvalue weighted by Crippen LogP contribution is -2.47. The Hall–Kier alpha value is -0.610. The van der Waals surface area contributed by atoms with Crippen molar-refractivity contribution < 1.29 is 14.3 Å². The first-order chi connectivity index (χ1) is 7.68. The van der Waals surface area contributed by atoms with Crippen LogP contribution in [0.1, 0.15) is 26.7 Å². The van der Waals surface area contributed by atoms with Crippen LogP contribution in [0.4, 0.5) is 0 Å². The minimum absolute atomic E-state index is 0.00584. The molecule has 0 unspecified atom stereocenters. The molecule has 0 radical (unpaired) electrons. The fourth-order valence-electron chi connectivity index (χ4n) is 2.25. The predicted octanol–water partition coefficient (Wildman–Crippen LogP) is 1.05. The Balaban J connectivity index is 1.90. The summed E-state index contributed by atoms with van der Waals surface area (Å²) in [4.78, 5) is 14.2. The van der Waals surface area contributed by atoms with Crippen molar-refractivity contribution in [3.8, 4) is 0 Å². The Kier molecular flexibility index (Phi) is 3.50. The molecule has 92 valence electrons. The molecule has 0 spiro atoms. The Labute approximate surface area is 96.9 Å². The molecule has 2 aliphatic rings. The van der Waals surface area contributed by atoms with Crippen molar-refractivity contribution in [2.75, 3.05) is 32.9 Å². The summed E-state index contributed by atoms with van der Waals surface area (Å²) in [6.45, 7) is 7.84. The second-order valence-corrected chi connectivity index (χ2v) is 4.90. The van der Waals surface area contributed by atoms with Gasteiger partial charge < -0.3 is 9.47 Å². The number of carbonyl (C=O) groups excluding carboxylic acids is 1. The van der Waals surface area contributed by atoms with E-state index in [2.05, 4.69) is 11.8 Å². The monoisotopic (exact) mass is 227 g/mol. The van der Waals surface area contributed by atoms with Gasteiger partial charge in [-0.05, 0) is 26.7 Å². The van der Waals surface area contributed by atoms with E-state index in [0.717, 1.165) is 39.1 Å². The van der Waals surface area contributed by atoms with Gasteiger partial charge in [0, 0.05) is 19.1 Å². The molecule has 4 nitrogen and oxygen atoms in total. The Bertz CT molecular complexity index is 263. The van der Waals surface area contributed by atoms with E-state index in [4.69, 9.17) is 9.47 Å². The molecule has 1 aliphatic heterocycles. The third-order valence-corrected chi connectivity index (χ3v) is 3.57. The summed E-state index contributed by atoms with van der Waals surface area (Å²) in [5, 5.41) is 0. The number of carbonyl (C=O) groups is 1. The number of ether oxygens (including phenoxy) is 2. The molecule has 1 atom stereocenters. The summed E-state index contributed by atoms with van der Waals surface area (Å²) in [5.74, 6) is -0.00584. The van der Waals surface area contributed by atoms with E-state index in [1.54, 1.807) is 0 Å². The second-order valence-electron chi connectivity index (χ2n) is 4.90. The van der Waals surface area contributed by atoms with Crippen LogP contribution in [0, 0.1) is 5.41 Å². The molecule has 1 aliphatic carbocycles. The molecular weight excluding hydrogens is 206 g/mol. The van der Waals surface area contributed by atoms with E-state index in [-0.39, 0.29) is 11.4 Å². The van der Waals surface area contributed by atoms with Crippen molar-refractivity contribution in [1.29, 1.82) is 0 Å². The fourth-order valence-corrected chi connectivity index (χ4v) is 2.25. The summed E-state index contributed by atoms with van der Waals surface area (Å²) in [7, 11) is 0. The van der Waals surface area contributed by atoms with Gasteiger partial charge in [-0.15, -0.1) is 0 Å². The zero-order valence-electron chi connectivity index (χ0n) is 10.2. The van der Waals surface area contributed by atoms with E-state index < -0.39 is 0 Å². The number of hydrogen-bond donors (Lipinski definition) is 0. The molecular formula is C12H21NO3. The Morgan fingerprint density at radius 3 is 2.88 bits per heavy atom. The molecule has 0 amide bonds. The van der Waals surface area contributed by atoms with Crippen LogP contribution in [0.5, 0.6) is 0 Å². The van der Waals surface area contributed by atoms with Crippen LogP contribution in [-0.2, 0) is 14.3 Å². The van der Waals surface area contributed by atoms with Crippen molar-refractivity contribution in [3.05, 3.63) is 0 Å². The van der Waals surface area contributed by atoms with Gasteiger partial charge in [0.25, 0.3) is 0 Å². The van der Waals surface area contributed by atoms with E-state index >= 15 is 0 Å². The van der Waals surface area contributed by atoms with Gasteiger partial charge in [0.15, 0.2) is 0 Å². The number of morpholine rings is 1. The molecule has 1 saturated heterocycles. The van der Waals surface area contributed by atoms with E-state index in [0.29, 0.717) is 12.6 Å².